The van der Waals surface area contributed by atoms with Gasteiger partial charge in [0.25, 0.3) is 0 Å². The molecule has 4 N–H and O–H groups in total. The van der Waals surface area contributed by atoms with Crippen LogP contribution in [0.5, 0.6) is 17.2 Å². The van der Waals surface area contributed by atoms with Crippen molar-refractivity contribution in [1.29, 1.82) is 0 Å². The second-order valence-electron chi connectivity index (χ2n) is 13.1. The van der Waals surface area contributed by atoms with Crippen molar-refractivity contribution in [3.8, 4) is 50.6 Å². The van der Waals surface area contributed by atoms with Crippen molar-refractivity contribution < 1.29 is 27.9 Å². The molecule has 3 heterocycles. The van der Waals surface area contributed by atoms with E-state index >= 15 is 0 Å². The predicted octanol–water partition coefficient (Wildman–Crippen LogP) is 7.72. The van der Waals surface area contributed by atoms with Gasteiger partial charge in [0, 0.05) is 46.5 Å². The highest BCUT2D eigenvalue weighted by atomic mass is 31.2. The zero-order valence-corrected chi connectivity index (χ0v) is 31.4. The number of fused-ring (bicyclic) bond motifs is 9. The smallest absolute Gasteiger partial charge is 0.428 e. The van der Waals surface area contributed by atoms with Crippen molar-refractivity contribution in [3.63, 3.8) is 0 Å². The molecular weight excluding hydrogens is 723 g/mol. The summed E-state index contributed by atoms with van der Waals surface area (Å²) in [6.45, 7) is 1.35. The van der Waals surface area contributed by atoms with Gasteiger partial charge >= 0.3 is 23.3 Å². The molecule has 3 aliphatic heterocycles. The molecule has 3 atom stereocenters. The molecular formula is C41H38N3O6P3+2. The number of para-hydroxylation sites is 3. The summed E-state index contributed by atoms with van der Waals surface area (Å²) in [5.41, 5.74) is 5.50. The number of rotatable bonds is 10. The van der Waals surface area contributed by atoms with E-state index in [0.29, 0.717) is 48.6 Å². The van der Waals surface area contributed by atoms with E-state index < -0.39 is 23.3 Å². The number of nitrogens with zero attached hydrogens (tertiary/aromatic N) is 1. The average Bonchev–Trinajstić information content (AvgIpc) is 3.19. The summed E-state index contributed by atoms with van der Waals surface area (Å²) in [6, 6.07) is 46.3. The molecule has 6 aromatic carbocycles. The van der Waals surface area contributed by atoms with Gasteiger partial charge in [-0.1, -0.05) is 97.1 Å². The van der Waals surface area contributed by atoms with Gasteiger partial charge < -0.3 is 4.52 Å². The van der Waals surface area contributed by atoms with Crippen LogP contribution in [0.25, 0.3) is 33.4 Å². The van der Waals surface area contributed by atoms with Crippen LogP contribution in [0.4, 0.5) is 0 Å². The van der Waals surface area contributed by atoms with Crippen LogP contribution < -0.4 is 39.7 Å². The highest BCUT2D eigenvalue weighted by Gasteiger charge is 2.55. The second kappa shape index (κ2) is 13.8. The Bertz CT molecular complexity index is 2400. The quantitative estimate of drug-likeness (QED) is 0.0824. The minimum absolute atomic E-state index is 0.287. The molecule has 0 amide bonds. The number of hydrogen-bond acceptors (Lipinski definition) is 8. The van der Waals surface area contributed by atoms with E-state index in [1.165, 1.54) is 0 Å². The summed E-state index contributed by atoms with van der Waals surface area (Å²) in [6.07, 6.45) is 0.513. The first-order chi connectivity index (χ1) is 25.9. The Morgan fingerprint density at radius 2 is 1.06 bits per heavy atom. The molecule has 0 aromatic heterocycles. The van der Waals surface area contributed by atoms with E-state index in [-0.39, 0.29) is 6.54 Å². The zero-order chi connectivity index (χ0) is 36.0. The lowest BCUT2D eigenvalue weighted by Crippen LogP contribution is -2.42. The Balaban J connectivity index is 0.984. The van der Waals surface area contributed by atoms with Gasteiger partial charge in [0.15, 0.2) is 22.1 Å². The van der Waals surface area contributed by atoms with Crippen LogP contribution in [0.3, 0.4) is 0 Å². The third kappa shape index (κ3) is 6.08. The second-order valence-corrected chi connectivity index (χ2v) is 19.6. The standard InChI is InChI=1S/C41H38N3O6P3/c45-51(39-23-10-4-17-33(39)30-14-1-7-20-36(30)48-51)42-26-13-28-44(53(47)41-25-12-6-19-35(41)32-16-3-9-22-38(32)50-53)29-27-43-52(46)40-24-11-5-18-34(40)31-15-2-8-21-37(31)49-52/h1-12,14-25,43,46-47H,13,26-29H2,(H,42,45)/q+2. The maximum atomic E-state index is 14.4. The molecule has 0 saturated heterocycles. The van der Waals surface area contributed by atoms with E-state index in [1.54, 1.807) is 0 Å². The highest BCUT2D eigenvalue weighted by molar-refractivity contribution is 7.72. The van der Waals surface area contributed by atoms with E-state index in [1.807, 2.05) is 150 Å². The Kier molecular flexibility index (Phi) is 8.94. The van der Waals surface area contributed by atoms with Crippen molar-refractivity contribution in [2.24, 2.45) is 0 Å². The summed E-state index contributed by atoms with van der Waals surface area (Å²) in [7, 11) is -10.2. The molecule has 0 aliphatic carbocycles. The van der Waals surface area contributed by atoms with Gasteiger partial charge in [-0.05, 0) is 55.0 Å². The lowest BCUT2D eigenvalue weighted by molar-refractivity contribution is 0.326. The minimum Gasteiger partial charge on any atom is -0.429 e. The Labute approximate surface area is 309 Å². The largest absolute Gasteiger partial charge is 0.429 e. The molecule has 3 aliphatic rings. The van der Waals surface area contributed by atoms with Crippen molar-refractivity contribution in [2.75, 3.05) is 26.2 Å². The maximum Gasteiger partial charge on any atom is 0.428 e. The van der Waals surface area contributed by atoms with Crippen molar-refractivity contribution in [2.45, 2.75) is 6.42 Å². The topological polar surface area (TPSA) is 113 Å². The first-order valence-electron chi connectivity index (χ1n) is 17.6. The normalized spacial score (nSPS) is 21.7. The fraction of sp³-hybridized carbons (Fsp3) is 0.122. The molecule has 53 heavy (non-hydrogen) atoms. The summed E-state index contributed by atoms with van der Waals surface area (Å²) < 4.78 is 35.5. The van der Waals surface area contributed by atoms with Gasteiger partial charge in [-0.15, -0.1) is 9.76 Å². The molecule has 3 unspecified atom stereocenters. The van der Waals surface area contributed by atoms with Crippen molar-refractivity contribution >= 4 is 39.2 Å². The first-order valence-corrected chi connectivity index (χ1v) is 22.5. The van der Waals surface area contributed by atoms with E-state index in [0.717, 1.165) is 44.0 Å². The fourth-order valence-corrected chi connectivity index (χ4v) is 13.9. The number of hydrogen-bond donors (Lipinski definition) is 4. The van der Waals surface area contributed by atoms with Crippen LogP contribution in [-0.4, -0.2) is 40.6 Å². The number of benzene rings is 6. The molecule has 9 nitrogen and oxygen atoms in total. The van der Waals surface area contributed by atoms with Crippen molar-refractivity contribution in [1.82, 2.24) is 14.8 Å². The lowest BCUT2D eigenvalue weighted by atomic mass is 10.0. The fourth-order valence-electron chi connectivity index (χ4n) is 7.40. The van der Waals surface area contributed by atoms with Gasteiger partial charge in [-0.25, -0.2) is 5.09 Å². The van der Waals surface area contributed by atoms with Crippen LogP contribution in [0, 0.1) is 0 Å². The Hall–Kier alpha value is -4.39. The summed E-state index contributed by atoms with van der Waals surface area (Å²) in [5.74, 6) is 1.81. The van der Waals surface area contributed by atoms with Crippen LogP contribution in [-0.2, 0) is 4.57 Å². The zero-order valence-electron chi connectivity index (χ0n) is 28.7. The predicted molar refractivity (Wildman–Crippen MR) is 214 cm³/mol. The van der Waals surface area contributed by atoms with Crippen LogP contribution in [0.1, 0.15) is 6.42 Å². The summed E-state index contributed by atoms with van der Waals surface area (Å²) in [4.78, 5) is 24.9. The Morgan fingerprint density at radius 3 is 1.75 bits per heavy atom. The Morgan fingerprint density at radius 1 is 0.547 bits per heavy atom. The first kappa shape index (κ1) is 34.4. The molecule has 0 bridgehead atoms. The van der Waals surface area contributed by atoms with Gasteiger partial charge in [0.05, 0.1) is 18.4 Å². The van der Waals surface area contributed by atoms with Gasteiger partial charge in [0.2, 0.25) is 0 Å². The molecule has 0 saturated carbocycles. The van der Waals surface area contributed by atoms with Gasteiger partial charge in [-0.3, -0.25) is 13.6 Å². The molecule has 12 heteroatoms. The van der Waals surface area contributed by atoms with Crippen LogP contribution >= 0.6 is 23.3 Å². The lowest BCUT2D eigenvalue weighted by Gasteiger charge is -2.34. The molecule has 0 spiro atoms. The number of nitrogens with one attached hydrogen (secondary N) is 2. The minimum atomic E-state index is -3.46. The summed E-state index contributed by atoms with van der Waals surface area (Å²) >= 11 is 0. The average molecular weight is 762 g/mol. The molecule has 9 rings (SSSR count). The molecule has 0 fully saturated rings. The molecule has 266 valence electrons. The highest BCUT2D eigenvalue weighted by Crippen LogP contribution is 2.63. The molecule has 6 aromatic rings. The SMILES string of the molecule is O=P1(NCCCN(CCN[P+]2(O)Oc3ccccc3-c3ccccc32)[P+]2(O)Oc3ccccc3-c3ccccc32)Oc2ccccc2-c2ccccc21. The van der Waals surface area contributed by atoms with E-state index in [2.05, 4.69) is 10.2 Å². The van der Waals surface area contributed by atoms with Gasteiger partial charge in [-0.2, -0.15) is 9.79 Å². The summed E-state index contributed by atoms with van der Waals surface area (Å²) in [5, 5.41) is 8.71. The third-order valence-corrected chi connectivity index (χ3v) is 16.8. The third-order valence-electron chi connectivity index (χ3n) is 9.88. The monoisotopic (exact) mass is 761 g/mol. The van der Waals surface area contributed by atoms with Crippen molar-refractivity contribution in [3.05, 3.63) is 146 Å². The molecule has 0 radical (unpaired) electrons. The van der Waals surface area contributed by atoms with Gasteiger partial charge in [0.1, 0.15) is 5.75 Å². The van der Waals surface area contributed by atoms with E-state index in [4.69, 9.17) is 13.6 Å². The maximum absolute atomic E-state index is 14.4. The van der Waals surface area contributed by atoms with E-state index in [9.17, 15) is 14.4 Å². The van der Waals surface area contributed by atoms with Crippen LogP contribution in [0.15, 0.2) is 146 Å². The van der Waals surface area contributed by atoms with Crippen LogP contribution in [0.2, 0.25) is 0 Å².